The molecule has 1 aromatic carbocycles. The molecule has 0 saturated carbocycles. The lowest BCUT2D eigenvalue weighted by Gasteiger charge is -2.38. The zero-order valence-corrected chi connectivity index (χ0v) is 21.9. The molecular formula is C26H31F2N3O2S2. The van der Waals surface area contributed by atoms with E-state index in [-0.39, 0.29) is 27.5 Å². The Morgan fingerprint density at radius 2 is 1.86 bits per heavy atom. The van der Waals surface area contributed by atoms with Crippen LogP contribution in [-0.2, 0) is 22.0 Å². The number of pyridine rings is 1. The highest BCUT2D eigenvalue weighted by Crippen LogP contribution is 2.41. The quantitative estimate of drug-likeness (QED) is 0.419. The molecule has 1 fully saturated rings. The Morgan fingerprint density at radius 1 is 1.11 bits per heavy atom. The van der Waals surface area contributed by atoms with Crippen LogP contribution in [0.2, 0.25) is 0 Å². The molecule has 0 amide bonds. The molecule has 0 spiro atoms. The first-order chi connectivity index (χ1) is 16.5. The fourth-order valence-electron chi connectivity index (χ4n) is 4.68. The molecule has 0 radical (unpaired) electrons. The van der Waals surface area contributed by atoms with Gasteiger partial charge in [0.25, 0.3) is 0 Å². The number of likely N-dealkylation sites (tertiary alicyclic amines) is 1. The third-order valence-electron chi connectivity index (χ3n) is 7.14. The lowest BCUT2D eigenvalue weighted by Crippen LogP contribution is -2.44. The molecule has 1 aliphatic rings. The Kier molecular flexibility index (Phi) is 7.43. The largest absolute Gasteiger partial charge is 0.293 e. The zero-order chi connectivity index (χ0) is 25.3. The Hall–Kier alpha value is -2.20. The Bertz CT molecular complexity index is 1260. The number of hydrogen-bond donors (Lipinski definition) is 1. The van der Waals surface area contributed by atoms with Crippen molar-refractivity contribution in [1.82, 2.24) is 14.6 Å². The average Bonchev–Trinajstić information content (AvgIpc) is 3.44. The normalized spacial score (nSPS) is 19.3. The molecule has 0 aliphatic carbocycles. The molecule has 0 unspecified atom stereocenters. The number of aryl methyl sites for hydroxylation is 2. The zero-order valence-electron chi connectivity index (χ0n) is 20.2. The van der Waals surface area contributed by atoms with Crippen LogP contribution in [0.25, 0.3) is 0 Å². The Labute approximate surface area is 210 Å². The molecule has 3 aromatic rings. The topological polar surface area (TPSA) is 62.3 Å². The summed E-state index contributed by atoms with van der Waals surface area (Å²) in [6, 6.07) is 12.2. The van der Waals surface area contributed by atoms with Gasteiger partial charge in [0, 0.05) is 35.4 Å². The van der Waals surface area contributed by atoms with Crippen molar-refractivity contribution in [2.24, 2.45) is 5.41 Å². The van der Waals surface area contributed by atoms with Crippen LogP contribution >= 0.6 is 11.3 Å². The SMILES string of the molecule is Cc1ccc(C(C)(C)N2CC[C@](CCc3ccc(F)s3)(CNS(=O)(=O)c3ccc(F)cc3)C2)cn1. The molecule has 9 heteroatoms. The van der Waals surface area contributed by atoms with E-state index >= 15 is 0 Å². The molecule has 1 atom stereocenters. The minimum Gasteiger partial charge on any atom is -0.293 e. The van der Waals surface area contributed by atoms with Crippen molar-refractivity contribution in [1.29, 1.82) is 0 Å². The van der Waals surface area contributed by atoms with E-state index in [1.807, 2.05) is 19.2 Å². The van der Waals surface area contributed by atoms with Crippen LogP contribution in [0.1, 0.15) is 42.8 Å². The highest BCUT2D eigenvalue weighted by Gasteiger charge is 2.44. The van der Waals surface area contributed by atoms with Crippen molar-refractivity contribution in [2.45, 2.75) is 50.5 Å². The van der Waals surface area contributed by atoms with Crippen LogP contribution in [0.4, 0.5) is 8.78 Å². The van der Waals surface area contributed by atoms with Crippen molar-refractivity contribution >= 4 is 21.4 Å². The molecular weight excluding hydrogens is 488 g/mol. The van der Waals surface area contributed by atoms with Crippen molar-refractivity contribution < 1.29 is 17.2 Å². The summed E-state index contributed by atoms with van der Waals surface area (Å²) in [5.41, 5.74) is 1.45. The number of nitrogens with one attached hydrogen (secondary N) is 1. The summed E-state index contributed by atoms with van der Waals surface area (Å²) in [6.45, 7) is 8.02. The van der Waals surface area contributed by atoms with Gasteiger partial charge in [-0.2, -0.15) is 4.39 Å². The predicted octanol–water partition coefficient (Wildman–Crippen LogP) is 5.27. The van der Waals surface area contributed by atoms with Crippen molar-refractivity contribution in [3.05, 3.63) is 81.8 Å². The summed E-state index contributed by atoms with van der Waals surface area (Å²) in [5.74, 6) is -0.483. The number of aromatic nitrogens is 1. The van der Waals surface area contributed by atoms with Gasteiger partial charge in [0.15, 0.2) is 5.13 Å². The standard InChI is InChI=1S/C26H31F2N3O2S2/c1-19-4-5-20(16-29-19)25(2,3)31-15-14-26(18-31,13-12-22-8-11-24(28)34-22)17-30-35(32,33)23-9-6-21(27)7-10-23/h4-11,16,30H,12-15,17-18H2,1-3H3/t26-/m1/s1. The molecule has 5 nitrogen and oxygen atoms in total. The fourth-order valence-corrected chi connectivity index (χ4v) is 6.56. The Balaban J connectivity index is 1.55. The highest BCUT2D eigenvalue weighted by molar-refractivity contribution is 7.89. The first-order valence-electron chi connectivity index (χ1n) is 11.7. The summed E-state index contributed by atoms with van der Waals surface area (Å²) in [5, 5.41) is -0.216. The van der Waals surface area contributed by atoms with Gasteiger partial charge in [-0.1, -0.05) is 6.07 Å². The monoisotopic (exact) mass is 519 g/mol. The summed E-state index contributed by atoms with van der Waals surface area (Å²) in [4.78, 5) is 7.82. The number of hydrogen-bond acceptors (Lipinski definition) is 5. The molecule has 1 aliphatic heterocycles. The van der Waals surface area contributed by atoms with Crippen LogP contribution in [0.3, 0.4) is 0 Å². The van der Waals surface area contributed by atoms with Crippen LogP contribution in [-0.4, -0.2) is 37.9 Å². The first kappa shape index (κ1) is 25.9. The summed E-state index contributed by atoms with van der Waals surface area (Å²) in [7, 11) is -3.79. The van der Waals surface area contributed by atoms with E-state index in [4.69, 9.17) is 0 Å². The molecule has 1 saturated heterocycles. The smallest absolute Gasteiger partial charge is 0.240 e. The van der Waals surface area contributed by atoms with Crippen LogP contribution in [0, 0.1) is 23.3 Å². The van der Waals surface area contributed by atoms with Gasteiger partial charge in [-0.25, -0.2) is 17.5 Å². The van der Waals surface area contributed by atoms with E-state index in [0.29, 0.717) is 13.0 Å². The van der Waals surface area contributed by atoms with Crippen LogP contribution in [0.15, 0.2) is 59.6 Å². The maximum Gasteiger partial charge on any atom is 0.240 e. The highest BCUT2D eigenvalue weighted by atomic mass is 32.2. The average molecular weight is 520 g/mol. The molecule has 4 rings (SSSR count). The van der Waals surface area contributed by atoms with Crippen molar-refractivity contribution in [3.8, 4) is 0 Å². The molecule has 0 bridgehead atoms. The minimum atomic E-state index is -3.79. The number of rotatable bonds is 9. The van der Waals surface area contributed by atoms with E-state index in [0.717, 1.165) is 59.0 Å². The fraction of sp³-hybridized carbons (Fsp3) is 0.423. The van der Waals surface area contributed by atoms with E-state index in [1.54, 1.807) is 6.07 Å². The second kappa shape index (κ2) is 10.0. The number of halogens is 2. The van der Waals surface area contributed by atoms with E-state index < -0.39 is 15.8 Å². The van der Waals surface area contributed by atoms with Crippen molar-refractivity contribution in [3.63, 3.8) is 0 Å². The van der Waals surface area contributed by atoms with Gasteiger partial charge in [0.1, 0.15) is 5.82 Å². The van der Waals surface area contributed by atoms with Gasteiger partial charge in [-0.05, 0) is 100 Å². The third kappa shape index (κ3) is 5.97. The van der Waals surface area contributed by atoms with Crippen LogP contribution in [0.5, 0.6) is 0 Å². The van der Waals surface area contributed by atoms with Gasteiger partial charge in [0.2, 0.25) is 10.0 Å². The van der Waals surface area contributed by atoms with E-state index in [9.17, 15) is 17.2 Å². The van der Waals surface area contributed by atoms with Crippen molar-refractivity contribution in [2.75, 3.05) is 19.6 Å². The predicted molar refractivity (Wildman–Crippen MR) is 135 cm³/mol. The molecule has 35 heavy (non-hydrogen) atoms. The lowest BCUT2D eigenvalue weighted by molar-refractivity contribution is 0.128. The second-order valence-corrected chi connectivity index (χ2v) is 12.8. The summed E-state index contributed by atoms with van der Waals surface area (Å²) in [6.07, 6.45) is 4.10. The number of thiophene rings is 1. The number of benzene rings is 1. The molecule has 1 N–H and O–H groups in total. The molecule has 3 heterocycles. The Morgan fingerprint density at radius 3 is 2.49 bits per heavy atom. The first-order valence-corrected chi connectivity index (χ1v) is 14.0. The minimum absolute atomic E-state index is 0.0373. The van der Waals surface area contributed by atoms with Gasteiger partial charge in [0.05, 0.1) is 4.90 Å². The maximum atomic E-state index is 13.6. The second-order valence-electron chi connectivity index (χ2n) is 9.90. The summed E-state index contributed by atoms with van der Waals surface area (Å²) < 4.78 is 55.5. The molecule has 188 valence electrons. The molecule has 2 aromatic heterocycles. The number of nitrogens with zero attached hydrogens (tertiary/aromatic N) is 2. The van der Waals surface area contributed by atoms with Gasteiger partial charge < -0.3 is 0 Å². The van der Waals surface area contributed by atoms with E-state index in [1.165, 1.54) is 18.2 Å². The number of sulfonamides is 1. The van der Waals surface area contributed by atoms with Crippen LogP contribution < -0.4 is 4.72 Å². The summed E-state index contributed by atoms with van der Waals surface area (Å²) >= 11 is 1.13. The van der Waals surface area contributed by atoms with E-state index in [2.05, 4.69) is 34.5 Å². The lowest BCUT2D eigenvalue weighted by atomic mass is 9.82. The maximum absolute atomic E-state index is 13.6. The van der Waals surface area contributed by atoms with Gasteiger partial charge >= 0.3 is 0 Å². The third-order valence-corrected chi connectivity index (χ3v) is 9.49. The van der Waals surface area contributed by atoms with Gasteiger partial charge in [-0.15, -0.1) is 11.3 Å². The van der Waals surface area contributed by atoms with Gasteiger partial charge in [-0.3, -0.25) is 9.88 Å².